The van der Waals surface area contributed by atoms with E-state index in [4.69, 9.17) is 4.74 Å². The molecule has 0 amide bonds. The molecule has 0 saturated carbocycles. The van der Waals surface area contributed by atoms with Crippen molar-refractivity contribution in [3.8, 4) is 0 Å². The van der Waals surface area contributed by atoms with Crippen molar-refractivity contribution >= 4 is 55.4 Å². The van der Waals surface area contributed by atoms with Crippen LogP contribution in [-0.4, -0.2) is 49.8 Å². The average Bonchev–Trinajstić information content (AvgIpc) is 2.76. The minimum atomic E-state index is -0.902. The van der Waals surface area contributed by atoms with Crippen LogP contribution in [0.15, 0.2) is 50.7 Å². The molecule has 1 aliphatic rings. The topological polar surface area (TPSA) is 111 Å². The number of benzene rings is 1. The van der Waals surface area contributed by atoms with Crippen molar-refractivity contribution in [2.24, 2.45) is 0 Å². The Morgan fingerprint density at radius 3 is 1.90 bits per heavy atom. The number of hydrogen-bond acceptors (Lipinski definition) is 8. The number of esters is 2. The lowest BCUT2D eigenvalue weighted by Gasteiger charge is -2.25. The Bertz CT molecular complexity index is 926. The number of nitrogens with one attached hydrogen (secondary N) is 2. The number of hydrogen-bond donors (Lipinski definition) is 2. The quantitative estimate of drug-likeness (QED) is 0.378. The first-order valence-corrected chi connectivity index (χ1v) is 10.4. The molecule has 2 N–H and O–H groups in total. The molecule has 0 unspecified atom stereocenters. The van der Waals surface area contributed by atoms with Gasteiger partial charge < -0.3 is 20.1 Å². The molecule has 2 atom stereocenters. The lowest BCUT2D eigenvalue weighted by Crippen LogP contribution is -2.44. The SMILES string of the molecule is COC(=O)[C@H](C)NC1=C(Br)C(=O)C(N[C@@H](Cc2ccccc2)C(=O)OC)=C(Br)C1=O. The number of rotatable bonds is 8. The van der Waals surface area contributed by atoms with Crippen LogP contribution >= 0.6 is 31.9 Å². The van der Waals surface area contributed by atoms with Crippen LogP contribution < -0.4 is 10.6 Å². The van der Waals surface area contributed by atoms with E-state index in [-0.39, 0.29) is 26.8 Å². The Kier molecular flexibility index (Phi) is 8.36. The molecule has 0 spiro atoms. The molecule has 1 aliphatic carbocycles. The van der Waals surface area contributed by atoms with Gasteiger partial charge in [-0.3, -0.25) is 9.59 Å². The van der Waals surface area contributed by atoms with Crippen molar-refractivity contribution in [1.29, 1.82) is 0 Å². The maximum absolute atomic E-state index is 12.9. The van der Waals surface area contributed by atoms with E-state index in [0.29, 0.717) is 0 Å². The molecular formula is C20H20Br2N2O6. The fourth-order valence-corrected chi connectivity index (χ4v) is 3.70. The van der Waals surface area contributed by atoms with Gasteiger partial charge in [-0.05, 0) is 44.3 Å². The molecule has 1 aromatic rings. The second-order valence-electron chi connectivity index (χ2n) is 6.34. The van der Waals surface area contributed by atoms with Crippen LogP contribution in [0, 0.1) is 0 Å². The maximum Gasteiger partial charge on any atom is 0.328 e. The summed E-state index contributed by atoms with van der Waals surface area (Å²) < 4.78 is 9.32. The van der Waals surface area contributed by atoms with E-state index >= 15 is 0 Å². The smallest absolute Gasteiger partial charge is 0.328 e. The van der Waals surface area contributed by atoms with Gasteiger partial charge in [0.05, 0.1) is 23.2 Å². The number of carbonyl (C=O) groups is 4. The van der Waals surface area contributed by atoms with Crippen molar-refractivity contribution in [3.63, 3.8) is 0 Å². The molecule has 0 heterocycles. The normalized spacial score (nSPS) is 16.2. The van der Waals surface area contributed by atoms with Gasteiger partial charge in [-0.1, -0.05) is 30.3 Å². The van der Waals surface area contributed by atoms with Crippen LogP contribution in [0.3, 0.4) is 0 Å². The number of halogens is 2. The summed E-state index contributed by atoms with van der Waals surface area (Å²) in [7, 11) is 2.46. The number of carbonyl (C=O) groups excluding carboxylic acids is 4. The monoisotopic (exact) mass is 542 g/mol. The van der Waals surface area contributed by atoms with Crippen LogP contribution in [0.25, 0.3) is 0 Å². The van der Waals surface area contributed by atoms with Gasteiger partial charge in [-0.15, -0.1) is 0 Å². The zero-order chi connectivity index (χ0) is 22.4. The standard InChI is InChI=1S/C20H20Br2N2O6/c1-10(19(27)29-2)23-15-13(21)18(26)16(14(22)17(15)25)24-12(20(28)30-3)9-11-7-5-4-6-8-11/h4-8,10,12,23-24H,9H2,1-3H3/t10-,12-/m0/s1. The van der Waals surface area contributed by atoms with E-state index in [9.17, 15) is 19.2 Å². The lowest BCUT2D eigenvalue weighted by molar-refractivity contribution is -0.143. The van der Waals surface area contributed by atoms with Gasteiger partial charge in [0.25, 0.3) is 0 Å². The van der Waals surface area contributed by atoms with E-state index < -0.39 is 35.6 Å². The third-order valence-electron chi connectivity index (χ3n) is 4.29. The molecule has 0 fully saturated rings. The van der Waals surface area contributed by atoms with Gasteiger partial charge in [-0.2, -0.15) is 0 Å². The second kappa shape index (κ2) is 10.5. The Morgan fingerprint density at radius 2 is 1.40 bits per heavy atom. The van der Waals surface area contributed by atoms with Crippen molar-refractivity contribution in [2.75, 3.05) is 14.2 Å². The van der Waals surface area contributed by atoms with Crippen LogP contribution in [0.2, 0.25) is 0 Å². The largest absolute Gasteiger partial charge is 0.467 e. The molecule has 2 rings (SSSR count). The summed E-state index contributed by atoms with van der Waals surface area (Å²) in [5.74, 6) is -2.32. The van der Waals surface area contributed by atoms with Crippen LogP contribution in [0.1, 0.15) is 12.5 Å². The minimum absolute atomic E-state index is 0.0720. The molecule has 1 aromatic carbocycles. The summed E-state index contributed by atoms with van der Waals surface area (Å²) in [5, 5.41) is 5.51. The minimum Gasteiger partial charge on any atom is -0.467 e. The van der Waals surface area contributed by atoms with Crippen molar-refractivity contribution in [1.82, 2.24) is 10.6 Å². The molecule has 0 radical (unpaired) electrons. The zero-order valence-electron chi connectivity index (χ0n) is 16.5. The highest BCUT2D eigenvalue weighted by Crippen LogP contribution is 2.30. The Hall–Kier alpha value is -2.46. The van der Waals surface area contributed by atoms with Gasteiger partial charge in [0.2, 0.25) is 11.6 Å². The first-order chi connectivity index (χ1) is 14.2. The van der Waals surface area contributed by atoms with E-state index in [0.717, 1.165) is 5.56 Å². The number of methoxy groups -OCH3 is 2. The highest BCUT2D eigenvalue weighted by molar-refractivity contribution is 9.12. The predicted molar refractivity (Wildman–Crippen MR) is 116 cm³/mol. The van der Waals surface area contributed by atoms with E-state index in [1.807, 2.05) is 30.3 Å². The van der Waals surface area contributed by atoms with Crippen molar-refractivity contribution < 1.29 is 28.7 Å². The first kappa shape index (κ1) is 23.8. The van der Waals surface area contributed by atoms with E-state index in [1.165, 1.54) is 21.1 Å². The van der Waals surface area contributed by atoms with Gasteiger partial charge in [0.15, 0.2) is 0 Å². The fraction of sp³-hybridized carbons (Fsp3) is 0.300. The summed E-state index contributed by atoms with van der Waals surface area (Å²) >= 11 is 6.26. The first-order valence-electron chi connectivity index (χ1n) is 8.82. The summed E-state index contributed by atoms with van der Waals surface area (Å²) in [6.45, 7) is 1.50. The Morgan fingerprint density at radius 1 is 0.900 bits per heavy atom. The fourth-order valence-electron chi connectivity index (χ4n) is 2.72. The molecule has 0 saturated heterocycles. The van der Waals surface area contributed by atoms with Crippen molar-refractivity contribution in [3.05, 3.63) is 56.3 Å². The predicted octanol–water partition coefficient (Wildman–Crippen LogP) is 1.88. The van der Waals surface area contributed by atoms with E-state index in [2.05, 4.69) is 47.2 Å². The molecule has 8 nitrogen and oxygen atoms in total. The Labute approximate surface area is 190 Å². The summed E-state index contributed by atoms with van der Waals surface area (Å²) in [5.41, 5.74) is 0.665. The molecule has 0 aromatic heterocycles. The molecule has 0 aliphatic heterocycles. The molecule has 0 bridgehead atoms. The van der Waals surface area contributed by atoms with Gasteiger partial charge >= 0.3 is 11.9 Å². The van der Waals surface area contributed by atoms with Gasteiger partial charge in [0.1, 0.15) is 23.5 Å². The van der Waals surface area contributed by atoms with Crippen molar-refractivity contribution in [2.45, 2.75) is 25.4 Å². The summed E-state index contributed by atoms with van der Waals surface area (Å²) in [6, 6.07) is 7.41. The molecular weight excluding hydrogens is 524 g/mol. The highest BCUT2D eigenvalue weighted by Gasteiger charge is 2.36. The van der Waals surface area contributed by atoms with Gasteiger partial charge in [-0.25, -0.2) is 9.59 Å². The number of Topliss-reactive ketones (excluding diaryl/α,β-unsaturated/α-hetero) is 2. The van der Waals surface area contributed by atoms with Crippen LogP contribution in [-0.2, 0) is 35.1 Å². The number of allylic oxidation sites excluding steroid dienone is 2. The molecule has 10 heteroatoms. The van der Waals surface area contributed by atoms with E-state index in [1.54, 1.807) is 0 Å². The average molecular weight is 544 g/mol. The Balaban J connectivity index is 2.30. The number of ketones is 2. The zero-order valence-corrected chi connectivity index (χ0v) is 19.6. The number of ether oxygens (including phenoxy) is 2. The summed E-state index contributed by atoms with van der Waals surface area (Å²) in [4.78, 5) is 49.6. The third kappa shape index (κ3) is 5.37. The molecule has 160 valence electrons. The maximum atomic E-state index is 12.9. The second-order valence-corrected chi connectivity index (χ2v) is 7.92. The highest BCUT2D eigenvalue weighted by atomic mass is 79.9. The van der Waals surface area contributed by atoms with Crippen LogP contribution in [0.5, 0.6) is 0 Å². The third-order valence-corrected chi connectivity index (χ3v) is 5.81. The van der Waals surface area contributed by atoms with Gasteiger partial charge in [0, 0.05) is 6.42 Å². The summed E-state index contributed by atoms with van der Waals surface area (Å²) in [6.07, 6.45) is 0.241. The lowest BCUT2D eigenvalue weighted by atomic mass is 10.0. The van der Waals surface area contributed by atoms with Crippen LogP contribution in [0.4, 0.5) is 0 Å². The molecule has 30 heavy (non-hydrogen) atoms.